The molecule has 0 spiro atoms. The largest absolute Gasteiger partial charge is 0.256 e. The molecule has 3 heteroatoms. The number of hydrogen-bond donors (Lipinski definition) is 0. The second-order valence-corrected chi connectivity index (χ2v) is 5.96. The third-order valence-electron chi connectivity index (χ3n) is 3.21. The molecule has 0 atom stereocenters. The number of rotatable bonds is 3. The van der Waals surface area contributed by atoms with Gasteiger partial charge in [-0.15, -0.1) is 0 Å². The van der Waals surface area contributed by atoms with E-state index >= 15 is 0 Å². The SMILES string of the molecule is CSCc1cc(-c2cccc(Cl)c2)c2ncccc2c1. The molecular weight excluding hydrogens is 286 g/mol. The van der Waals surface area contributed by atoms with Crippen LogP contribution in [-0.4, -0.2) is 11.2 Å². The molecule has 1 heterocycles. The zero-order valence-corrected chi connectivity index (χ0v) is 12.7. The van der Waals surface area contributed by atoms with E-state index in [1.54, 1.807) is 0 Å². The first-order chi connectivity index (χ1) is 9.78. The molecule has 1 aromatic heterocycles. The second-order valence-electron chi connectivity index (χ2n) is 4.66. The van der Waals surface area contributed by atoms with Gasteiger partial charge in [0.1, 0.15) is 0 Å². The molecule has 0 unspecified atom stereocenters. The van der Waals surface area contributed by atoms with Crippen molar-refractivity contribution < 1.29 is 0 Å². The van der Waals surface area contributed by atoms with Crippen LogP contribution in [0.1, 0.15) is 5.56 Å². The van der Waals surface area contributed by atoms with E-state index in [1.807, 2.05) is 42.2 Å². The van der Waals surface area contributed by atoms with Crippen LogP contribution in [0.3, 0.4) is 0 Å². The van der Waals surface area contributed by atoms with E-state index in [-0.39, 0.29) is 0 Å². The van der Waals surface area contributed by atoms with Gasteiger partial charge >= 0.3 is 0 Å². The van der Waals surface area contributed by atoms with Crippen molar-refractivity contribution in [3.05, 3.63) is 65.3 Å². The number of benzene rings is 2. The maximum Gasteiger partial charge on any atom is 0.0780 e. The molecule has 100 valence electrons. The summed E-state index contributed by atoms with van der Waals surface area (Å²) in [6, 6.07) is 16.5. The van der Waals surface area contributed by atoms with Crippen LogP contribution in [0.15, 0.2) is 54.7 Å². The first kappa shape index (κ1) is 13.5. The van der Waals surface area contributed by atoms with Crippen LogP contribution in [0.4, 0.5) is 0 Å². The van der Waals surface area contributed by atoms with Crippen molar-refractivity contribution >= 4 is 34.3 Å². The zero-order chi connectivity index (χ0) is 13.9. The van der Waals surface area contributed by atoms with Gasteiger partial charge < -0.3 is 0 Å². The van der Waals surface area contributed by atoms with Crippen LogP contribution < -0.4 is 0 Å². The van der Waals surface area contributed by atoms with Gasteiger partial charge in [0.05, 0.1) is 5.52 Å². The first-order valence-corrected chi connectivity index (χ1v) is 8.17. The summed E-state index contributed by atoms with van der Waals surface area (Å²) in [5.41, 5.74) is 4.60. The lowest BCUT2D eigenvalue weighted by Crippen LogP contribution is -1.89. The molecule has 3 rings (SSSR count). The Balaban J connectivity index is 2.26. The molecule has 0 saturated heterocycles. The molecule has 1 nitrogen and oxygen atoms in total. The van der Waals surface area contributed by atoms with Crippen molar-refractivity contribution in [1.82, 2.24) is 4.98 Å². The predicted molar refractivity (Wildman–Crippen MR) is 89.4 cm³/mol. The van der Waals surface area contributed by atoms with Crippen molar-refractivity contribution in [1.29, 1.82) is 0 Å². The number of aromatic nitrogens is 1. The van der Waals surface area contributed by atoms with E-state index in [1.165, 1.54) is 10.9 Å². The molecule has 0 aliphatic heterocycles. The average Bonchev–Trinajstić information content (AvgIpc) is 2.47. The Bertz CT molecular complexity index is 755. The quantitative estimate of drug-likeness (QED) is 0.640. The Labute approximate surface area is 128 Å². The molecule has 0 fully saturated rings. The Morgan fingerprint density at radius 3 is 2.80 bits per heavy atom. The summed E-state index contributed by atoms with van der Waals surface area (Å²) in [5, 5.41) is 1.93. The minimum atomic E-state index is 0.752. The fourth-order valence-electron chi connectivity index (χ4n) is 2.38. The highest BCUT2D eigenvalue weighted by molar-refractivity contribution is 7.97. The van der Waals surface area contributed by atoms with Crippen molar-refractivity contribution in [3.8, 4) is 11.1 Å². The summed E-state index contributed by atoms with van der Waals surface area (Å²) in [4.78, 5) is 4.54. The monoisotopic (exact) mass is 299 g/mol. The second kappa shape index (κ2) is 5.86. The summed E-state index contributed by atoms with van der Waals surface area (Å²) in [6.07, 6.45) is 3.96. The van der Waals surface area contributed by atoms with Crippen molar-refractivity contribution in [2.45, 2.75) is 5.75 Å². The topological polar surface area (TPSA) is 12.9 Å². The van der Waals surface area contributed by atoms with Crippen LogP contribution in [0, 0.1) is 0 Å². The highest BCUT2D eigenvalue weighted by Crippen LogP contribution is 2.31. The molecule has 3 aromatic rings. The van der Waals surface area contributed by atoms with Crippen molar-refractivity contribution in [2.75, 3.05) is 6.26 Å². The minimum Gasteiger partial charge on any atom is -0.256 e. The Morgan fingerprint density at radius 2 is 2.00 bits per heavy atom. The summed E-state index contributed by atoms with van der Waals surface area (Å²) < 4.78 is 0. The van der Waals surface area contributed by atoms with Crippen LogP contribution in [0.2, 0.25) is 5.02 Å². The summed E-state index contributed by atoms with van der Waals surface area (Å²) in [5.74, 6) is 0.998. The van der Waals surface area contributed by atoms with Crippen LogP contribution in [0.5, 0.6) is 0 Å². The molecule has 0 aliphatic carbocycles. The lowest BCUT2D eigenvalue weighted by Gasteiger charge is -2.09. The van der Waals surface area contributed by atoms with Gasteiger partial charge in [-0.2, -0.15) is 11.8 Å². The third kappa shape index (κ3) is 2.67. The van der Waals surface area contributed by atoms with E-state index in [0.29, 0.717) is 0 Å². The Kier molecular flexibility index (Phi) is 3.95. The molecule has 20 heavy (non-hydrogen) atoms. The van der Waals surface area contributed by atoms with Crippen LogP contribution in [-0.2, 0) is 5.75 Å². The number of thioether (sulfide) groups is 1. The van der Waals surface area contributed by atoms with Gasteiger partial charge in [-0.05, 0) is 47.7 Å². The normalized spacial score (nSPS) is 10.9. The van der Waals surface area contributed by atoms with Gasteiger partial charge in [0.2, 0.25) is 0 Å². The van der Waals surface area contributed by atoms with Gasteiger partial charge in [0, 0.05) is 27.9 Å². The van der Waals surface area contributed by atoms with Gasteiger partial charge in [-0.3, -0.25) is 4.98 Å². The standard InChI is InChI=1S/C17H14ClNS/c1-20-11-12-8-14-5-3-7-19-17(14)16(9-12)13-4-2-6-15(18)10-13/h2-10H,11H2,1H3. The molecule has 2 aromatic carbocycles. The average molecular weight is 300 g/mol. The van der Waals surface area contributed by atoms with Gasteiger partial charge in [0.15, 0.2) is 0 Å². The number of nitrogens with zero attached hydrogens (tertiary/aromatic N) is 1. The van der Waals surface area contributed by atoms with Crippen LogP contribution >= 0.6 is 23.4 Å². The molecule has 0 aliphatic rings. The number of pyridine rings is 1. The van der Waals surface area contributed by atoms with Gasteiger partial charge in [0.25, 0.3) is 0 Å². The lowest BCUT2D eigenvalue weighted by molar-refractivity contribution is 1.38. The van der Waals surface area contributed by atoms with E-state index in [9.17, 15) is 0 Å². The number of hydrogen-bond acceptors (Lipinski definition) is 2. The summed E-state index contributed by atoms with van der Waals surface area (Å²) in [6.45, 7) is 0. The summed E-state index contributed by atoms with van der Waals surface area (Å²) >= 11 is 7.95. The minimum absolute atomic E-state index is 0.752. The predicted octanol–water partition coefficient (Wildman–Crippen LogP) is 5.42. The van der Waals surface area contributed by atoms with E-state index in [4.69, 9.17) is 11.6 Å². The van der Waals surface area contributed by atoms with Gasteiger partial charge in [-0.1, -0.05) is 29.8 Å². The van der Waals surface area contributed by atoms with Crippen molar-refractivity contribution in [2.24, 2.45) is 0 Å². The van der Waals surface area contributed by atoms with Gasteiger partial charge in [-0.25, -0.2) is 0 Å². The number of fused-ring (bicyclic) bond motifs is 1. The van der Waals surface area contributed by atoms with E-state index in [0.717, 1.165) is 27.4 Å². The highest BCUT2D eigenvalue weighted by Gasteiger charge is 2.08. The highest BCUT2D eigenvalue weighted by atomic mass is 35.5. The molecule has 0 amide bonds. The van der Waals surface area contributed by atoms with Crippen LogP contribution in [0.25, 0.3) is 22.0 Å². The molecule has 0 saturated carbocycles. The summed E-state index contributed by atoms with van der Waals surface area (Å²) in [7, 11) is 0. The first-order valence-electron chi connectivity index (χ1n) is 6.40. The molecule has 0 bridgehead atoms. The molecule has 0 N–H and O–H groups in total. The Morgan fingerprint density at radius 1 is 1.10 bits per heavy atom. The maximum absolute atomic E-state index is 6.12. The lowest BCUT2D eigenvalue weighted by atomic mass is 9.99. The van der Waals surface area contributed by atoms with E-state index < -0.39 is 0 Å². The maximum atomic E-state index is 6.12. The smallest absolute Gasteiger partial charge is 0.0780 e. The Hall–Kier alpha value is -1.51. The third-order valence-corrected chi connectivity index (χ3v) is 4.07. The number of halogens is 1. The van der Waals surface area contributed by atoms with E-state index in [2.05, 4.69) is 35.5 Å². The van der Waals surface area contributed by atoms with Crippen molar-refractivity contribution in [3.63, 3.8) is 0 Å². The molecular formula is C17H14ClNS. The fraction of sp³-hybridized carbons (Fsp3) is 0.118. The fourth-order valence-corrected chi connectivity index (χ4v) is 3.07. The molecule has 0 radical (unpaired) electrons. The zero-order valence-electron chi connectivity index (χ0n) is 11.1.